The molecule has 184 valence electrons. The molecule has 0 rings (SSSR count). The van der Waals surface area contributed by atoms with E-state index < -0.39 is 26.5 Å². The molecule has 8 N–H and O–H groups in total. The summed E-state index contributed by atoms with van der Waals surface area (Å²) in [6, 6.07) is 0. The molecule has 0 bridgehead atoms. The summed E-state index contributed by atoms with van der Waals surface area (Å²) in [5.74, 6) is 0. The van der Waals surface area contributed by atoms with Crippen LogP contribution >= 0.6 is 40.1 Å². The molecule has 0 spiro atoms. The van der Waals surface area contributed by atoms with Gasteiger partial charge in [-0.15, -0.1) is 0 Å². The Kier molecular flexibility index (Phi) is 13.2. The van der Waals surface area contributed by atoms with Crippen molar-refractivity contribution in [2.75, 3.05) is 33.0 Å². The van der Waals surface area contributed by atoms with Crippen LogP contribution in [0.3, 0.4) is 0 Å². The monoisotopic (exact) mass is 524 g/mol. The molecule has 16 heteroatoms. The lowest BCUT2D eigenvalue weighted by molar-refractivity contribution is 0.123. The summed E-state index contributed by atoms with van der Waals surface area (Å²) in [7, 11) is -8.98. The quantitative estimate of drug-likeness (QED) is 0.0912. The lowest BCUT2D eigenvalue weighted by atomic mass is 9.91. The van der Waals surface area contributed by atoms with Gasteiger partial charge in [0.1, 0.15) is 0 Å². The van der Waals surface area contributed by atoms with Crippen LogP contribution in [0, 0.1) is 10.8 Å². The fourth-order valence-electron chi connectivity index (χ4n) is 2.02. The molecule has 0 radical (unpaired) electrons. The highest BCUT2D eigenvalue weighted by molar-refractivity contribution is 7.80. The van der Waals surface area contributed by atoms with Gasteiger partial charge in [-0.25, -0.2) is 9.13 Å². The van der Waals surface area contributed by atoms with Crippen LogP contribution < -0.4 is 21.3 Å². The zero-order chi connectivity index (χ0) is 24.3. The molecule has 31 heavy (non-hydrogen) atoms. The highest BCUT2D eigenvalue weighted by Gasteiger charge is 2.25. The zero-order valence-corrected chi connectivity index (χ0v) is 21.5. The van der Waals surface area contributed by atoms with Crippen LogP contribution in [0.2, 0.25) is 0 Å². The molecule has 0 aliphatic rings. The third-order valence-electron chi connectivity index (χ3n) is 3.92. The molecule has 0 aromatic rings. The number of nitrogens with one attached hydrogen (secondary N) is 4. The molecule has 0 atom stereocenters. The maximum Gasteiger partial charge on any atom is 0.469 e. The largest absolute Gasteiger partial charge is 0.469 e. The standard InChI is InChI=1S/C15H34N4O8P2S2/c1-14(2,9-26-28(20,21)22)5-7-16-12(30)18-11-19-13(31)17-8-6-15(3,4)10-27-29(23,24)25/h5-11H2,1-4H3,(H2,16,18,30)(H2,17,19,31)(H2,20,21,22)(H2,23,24,25). The number of phosphoric ester groups is 2. The Labute approximate surface area is 193 Å². The highest BCUT2D eigenvalue weighted by atomic mass is 32.1. The first kappa shape index (κ1) is 30.6. The molecule has 0 heterocycles. The van der Waals surface area contributed by atoms with Gasteiger partial charge in [0.15, 0.2) is 10.2 Å². The molecule has 0 amide bonds. The van der Waals surface area contributed by atoms with Crippen molar-refractivity contribution < 1.29 is 37.8 Å². The minimum Gasteiger partial charge on any atom is -0.363 e. The second-order valence-electron chi connectivity index (χ2n) is 8.40. The third-order valence-corrected chi connectivity index (χ3v) is 5.43. The van der Waals surface area contributed by atoms with Crippen molar-refractivity contribution >= 4 is 50.3 Å². The van der Waals surface area contributed by atoms with Crippen molar-refractivity contribution in [3.05, 3.63) is 0 Å². The van der Waals surface area contributed by atoms with Gasteiger partial charge in [0.05, 0.1) is 19.9 Å². The molecular formula is C15H34N4O8P2S2. The van der Waals surface area contributed by atoms with Gasteiger partial charge in [-0.2, -0.15) is 0 Å². The highest BCUT2D eigenvalue weighted by Crippen LogP contribution is 2.39. The number of hydrogen-bond donors (Lipinski definition) is 8. The summed E-state index contributed by atoms with van der Waals surface area (Å²) >= 11 is 10.3. The van der Waals surface area contributed by atoms with E-state index in [2.05, 4.69) is 30.3 Å². The van der Waals surface area contributed by atoms with Crippen molar-refractivity contribution in [1.82, 2.24) is 21.3 Å². The smallest absolute Gasteiger partial charge is 0.363 e. The molecular weight excluding hydrogens is 490 g/mol. The van der Waals surface area contributed by atoms with Gasteiger partial charge in [-0.1, -0.05) is 27.7 Å². The van der Waals surface area contributed by atoms with E-state index in [0.717, 1.165) is 0 Å². The Morgan fingerprint density at radius 2 is 1.06 bits per heavy atom. The Bertz CT molecular complexity index is 628. The van der Waals surface area contributed by atoms with E-state index in [9.17, 15) is 9.13 Å². The van der Waals surface area contributed by atoms with Crippen molar-refractivity contribution in [2.45, 2.75) is 40.5 Å². The van der Waals surface area contributed by atoms with Gasteiger partial charge in [-0.3, -0.25) is 9.05 Å². The van der Waals surface area contributed by atoms with Crippen LogP contribution in [0.25, 0.3) is 0 Å². The third kappa shape index (κ3) is 20.0. The van der Waals surface area contributed by atoms with E-state index >= 15 is 0 Å². The van der Waals surface area contributed by atoms with E-state index in [1.807, 2.05) is 27.7 Å². The maximum absolute atomic E-state index is 10.8. The normalized spacial score (nSPS) is 12.9. The number of thiocarbonyl (C=S) groups is 2. The van der Waals surface area contributed by atoms with Gasteiger partial charge < -0.3 is 40.8 Å². The number of rotatable bonds is 14. The summed E-state index contributed by atoms with van der Waals surface area (Å²) in [5.41, 5.74) is -0.894. The summed E-state index contributed by atoms with van der Waals surface area (Å²) in [5, 5.41) is 12.6. The first-order valence-electron chi connectivity index (χ1n) is 9.34. The first-order chi connectivity index (χ1) is 13.9. The van der Waals surface area contributed by atoms with Crippen molar-refractivity contribution in [3.63, 3.8) is 0 Å². The van der Waals surface area contributed by atoms with Crippen LogP contribution in [-0.2, 0) is 18.2 Å². The van der Waals surface area contributed by atoms with E-state index in [-0.39, 0.29) is 19.9 Å². The lowest BCUT2D eigenvalue weighted by Gasteiger charge is -2.25. The summed E-state index contributed by atoms with van der Waals surface area (Å²) < 4.78 is 30.6. The molecule has 12 nitrogen and oxygen atoms in total. The Morgan fingerprint density at radius 3 is 1.35 bits per heavy atom. The number of phosphoric acid groups is 2. The van der Waals surface area contributed by atoms with Gasteiger partial charge in [-0.05, 0) is 48.1 Å². The second-order valence-corrected chi connectivity index (χ2v) is 11.7. The minimum absolute atomic E-state index is 0.0805. The molecule has 0 aliphatic heterocycles. The van der Waals surface area contributed by atoms with Gasteiger partial charge in [0, 0.05) is 13.1 Å². The van der Waals surface area contributed by atoms with E-state index in [1.54, 1.807) is 0 Å². The predicted octanol–water partition coefficient (Wildman–Crippen LogP) is 0.923. The van der Waals surface area contributed by atoms with E-state index in [4.69, 9.17) is 44.0 Å². The Balaban J connectivity index is 3.95. The van der Waals surface area contributed by atoms with Crippen LogP contribution in [0.1, 0.15) is 40.5 Å². The van der Waals surface area contributed by atoms with Gasteiger partial charge in [0.25, 0.3) is 0 Å². The van der Waals surface area contributed by atoms with Gasteiger partial charge >= 0.3 is 15.6 Å². The second kappa shape index (κ2) is 13.3. The Morgan fingerprint density at radius 1 is 0.742 bits per heavy atom. The van der Waals surface area contributed by atoms with Crippen LogP contribution in [-0.4, -0.2) is 62.8 Å². The fourth-order valence-corrected chi connectivity index (χ4v) is 3.40. The molecule has 0 unspecified atom stereocenters. The van der Waals surface area contributed by atoms with Gasteiger partial charge in [0.2, 0.25) is 0 Å². The summed E-state index contributed by atoms with van der Waals surface area (Å²) in [6.07, 6.45) is 1.15. The molecule has 0 fully saturated rings. The fraction of sp³-hybridized carbons (Fsp3) is 0.867. The number of hydrogen-bond acceptors (Lipinski definition) is 6. The molecule has 0 aromatic heterocycles. The maximum atomic E-state index is 10.8. The molecule has 0 saturated heterocycles. The SMILES string of the molecule is CC(C)(CCNC(=S)NCNC(=S)NCCC(C)(C)COP(=O)(O)O)COP(=O)(O)O. The minimum atomic E-state index is -4.49. The van der Waals surface area contributed by atoms with E-state index in [0.29, 0.717) is 36.2 Å². The average molecular weight is 525 g/mol. The zero-order valence-electron chi connectivity index (χ0n) is 18.1. The van der Waals surface area contributed by atoms with Crippen LogP contribution in [0.15, 0.2) is 0 Å². The van der Waals surface area contributed by atoms with Crippen molar-refractivity contribution in [1.29, 1.82) is 0 Å². The molecule has 0 aromatic carbocycles. The summed E-state index contributed by atoms with van der Waals surface area (Å²) in [6.45, 7) is 8.38. The van der Waals surface area contributed by atoms with Crippen LogP contribution in [0.5, 0.6) is 0 Å². The predicted molar refractivity (Wildman–Crippen MR) is 125 cm³/mol. The first-order valence-corrected chi connectivity index (χ1v) is 13.2. The molecule has 0 aliphatic carbocycles. The Hall–Kier alpha value is -0.400. The topological polar surface area (TPSA) is 182 Å². The molecule has 0 saturated carbocycles. The average Bonchev–Trinajstić information content (AvgIpc) is 2.57. The van der Waals surface area contributed by atoms with Crippen molar-refractivity contribution in [2.24, 2.45) is 10.8 Å². The summed E-state index contributed by atoms with van der Waals surface area (Å²) in [4.78, 5) is 35.1. The lowest BCUT2D eigenvalue weighted by Crippen LogP contribution is -2.46. The van der Waals surface area contributed by atoms with Crippen LogP contribution in [0.4, 0.5) is 0 Å². The van der Waals surface area contributed by atoms with Crippen molar-refractivity contribution in [3.8, 4) is 0 Å². The van der Waals surface area contributed by atoms with E-state index in [1.165, 1.54) is 0 Å².